The van der Waals surface area contributed by atoms with Crippen LogP contribution in [0.5, 0.6) is 0 Å². The molecular formula is C23H28N6O2S. The molecule has 3 aromatic rings. The average Bonchev–Trinajstić information content (AvgIpc) is 3.25. The van der Waals surface area contributed by atoms with E-state index in [1.807, 2.05) is 32.0 Å². The molecule has 1 aliphatic rings. The summed E-state index contributed by atoms with van der Waals surface area (Å²) in [5, 5.41) is 15.5. The van der Waals surface area contributed by atoms with Crippen LogP contribution in [0.15, 0.2) is 53.7 Å². The van der Waals surface area contributed by atoms with Gasteiger partial charge in [0.2, 0.25) is 11.1 Å². The van der Waals surface area contributed by atoms with E-state index in [2.05, 4.69) is 56.1 Å². The third-order valence-electron chi connectivity index (χ3n) is 5.35. The van der Waals surface area contributed by atoms with Crippen molar-refractivity contribution in [3.8, 4) is 5.69 Å². The second kappa shape index (κ2) is 10.7. The molecule has 2 aromatic carbocycles. The molecule has 2 heterocycles. The van der Waals surface area contributed by atoms with Gasteiger partial charge in [-0.15, -0.1) is 5.10 Å². The van der Waals surface area contributed by atoms with Gasteiger partial charge in [0.15, 0.2) is 0 Å². The zero-order valence-electron chi connectivity index (χ0n) is 18.4. The minimum Gasteiger partial charge on any atom is -0.374 e. The average molecular weight is 453 g/mol. The SMILES string of the molecule is Cc1ccc(-n2nnnc2SCC(=O)NCC2CN(Cc3ccccc3)CCO2)c(C)c1. The molecule has 1 unspecified atom stereocenters. The molecule has 1 amide bonds. The lowest BCUT2D eigenvalue weighted by molar-refractivity contribution is -0.119. The number of amides is 1. The van der Waals surface area contributed by atoms with E-state index in [1.54, 1.807) is 4.68 Å². The highest BCUT2D eigenvalue weighted by Gasteiger charge is 2.21. The number of thioether (sulfide) groups is 1. The lowest BCUT2D eigenvalue weighted by Crippen LogP contribution is -2.47. The van der Waals surface area contributed by atoms with Crippen molar-refractivity contribution in [1.29, 1.82) is 0 Å². The van der Waals surface area contributed by atoms with E-state index < -0.39 is 0 Å². The van der Waals surface area contributed by atoms with E-state index in [0.717, 1.165) is 30.9 Å². The second-order valence-corrected chi connectivity index (χ2v) is 8.91. The number of hydrogen-bond donors (Lipinski definition) is 1. The smallest absolute Gasteiger partial charge is 0.230 e. The zero-order chi connectivity index (χ0) is 22.3. The van der Waals surface area contributed by atoms with Crippen molar-refractivity contribution in [2.24, 2.45) is 0 Å². The van der Waals surface area contributed by atoms with Gasteiger partial charge in [-0.25, -0.2) is 0 Å². The first-order valence-electron chi connectivity index (χ1n) is 10.7. The summed E-state index contributed by atoms with van der Waals surface area (Å²) >= 11 is 1.32. The Kier molecular flexibility index (Phi) is 7.51. The van der Waals surface area contributed by atoms with Gasteiger partial charge >= 0.3 is 0 Å². The van der Waals surface area contributed by atoms with E-state index in [1.165, 1.54) is 22.9 Å². The molecule has 1 fully saturated rings. The summed E-state index contributed by atoms with van der Waals surface area (Å²) in [5.41, 5.74) is 4.46. The summed E-state index contributed by atoms with van der Waals surface area (Å²) in [6.45, 7) is 7.83. The fourth-order valence-corrected chi connectivity index (χ4v) is 4.47. The van der Waals surface area contributed by atoms with Gasteiger partial charge in [0, 0.05) is 26.2 Å². The van der Waals surface area contributed by atoms with E-state index in [0.29, 0.717) is 18.3 Å². The summed E-state index contributed by atoms with van der Waals surface area (Å²) in [6, 6.07) is 16.5. The van der Waals surface area contributed by atoms with Crippen LogP contribution in [0.3, 0.4) is 0 Å². The van der Waals surface area contributed by atoms with E-state index in [-0.39, 0.29) is 17.8 Å². The molecule has 0 aliphatic carbocycles. The fourth-order valence-electron chi connectivity index (χ4n) is 3.76. The molecule has 1 atom stereocenters. The number of nitrogens with one attached hydrogen (secondary N) is 1. The normalized spacial score (nSPS) is 16.8. The number of benzene rings is 2. The summed E-state index contributed by atoms with van der Waals surface area (Å²) in [7, 11) is 0. The van der Waals surface area contributed by atoms with Crippen molar-refractivity contribution in [3.63, 3.8) is 0 Å². The van der Waals surface area contributed by atoms with Gasteiger partial charge in [0.05, 0.1) is 24.2 Å². The monoisotopic (exact) mass is 452 g/mol. The molecule has 1 saturated heterocycles. The van der Waals surface area contributed by atoms with Gasteiger partial charge < -0.3 is 10.1 Å². The molecule has 32 heavy (non-hydrogen) atoms. The molecule has 1 aliphatic heterocycles. The zero-order valence-corrected chi connectivity index (χ0v) is 19.2. The minimum atomic E-state index is -0.0611. The minimum absolute atomic E-state index is 0.0121. The van der Waals surface area contributed by atoms with Crippen LogP contribution in [-0.2, 0) is 16.1 Å². The quantitative estimate of drug-likeness (QED) is 0.525. The fraction of sp³-hybridized carbons (Fsp3) is 0.391. The van der Waals surface area contributed by atoms with Crippen LogP contribution >= 0.6 is 11.8 Å². The number of morpholine rings is 1. The molecule has 0 spiro atoms. The topological polar surface area (TPSA) is 85.2 Å². The van der Waals surface area contributed by atoms with Crippen molar-refractivity contribution in [2.45, 2.75) is 31.7 Å². The van der Waals surface area contributed by atoms with E-state index in [9.17, 15) is 4.79 Å². The first-order valence-corrected chi connectivity index (χ1v) is 11.7. The second-order valence-electron chi connectivity index (χ2n) is 7.97. The van der Waals surface area contributed by atoms with Crippen LogP contribution in [0, 0.1) is 13.8 Å². The summed E-state index contributed by atoms with van der Waals surface area (Å²) in [6.07, 6.45) is -0.0121. The van der Waals surface area contributed by atoms with Crippen molar-refractivity contribution in [1.82, 2.24) is 30.4 Å². The molecule has 0 saturated carbocycles. The van der Waals surface area contributed by atoms with Crippen molar-refractivity contribution in [3.05, 3.63) is 65.2 Å². The lowest BCUT2D eigenvalue weighted by atomic mass is 10.1. The predicted molar refractivity (Wildman–Crippen MR) is 124 cm³/mol. The Morgan fingerprint density at radius 3 is 2.88 bits per heavy atom. The largest absolute Gasteiger partial charge is 0.374 e. The first kappa shape index (κ1) is 22.4. The highest BCUT2D eigenvalue weighted by Crippen LogP contribution is 2.21. The number of aryl methyl sites for hydroxylation is 2. The van der Waals surface area contributed by atoms with Crippen molar-refractivity contribution in [2.75, 3.05) is 32.0 Å². The number of hydrogen-bond acceptors (Lipinski definition) is 7. The summed E-state index contributed by atoms with van der Waals surface area (Å²) < 4.78 is 7.53. The Bertz CT molecular complexity index is 1040. The third-order valence-corrected chi connectivity index (χ3v) is 6.27. The number of rotatable bonds is 8. The molecular weight excluding hydrogens is 424 g/mol. The molecule has 1 N–H and O–H groups in total. The molecule has 4 rings (SSSR count). The van der Waals surface area contributed by atoms with Crippen molar-refractivity contribution < 1.29 is 9.53 Å². The van der Waals surface area contributed by atoms with E-state index in [4.69, 9.17) is 4.74 Å². The Morgan fingerprint density at radius 1 is 1.22 bits per heavy atom. The van der Waals surface area contributed by atoms with Crippen LogP contribution in [-0.4, -0.2) is 69.1 Å². The number of ether oxygens (including phenoxy) is 1. The van der Waals surface area contributed by atoms with Gasteiger partial charge in [0.1, 0.15) is 0 Å². The number of carbonyl (C=O) groups is 1. The van der Waals surface area contributed by atoms with E-state index >= 15 is 0 Å². The molecule has 168 valence electrons. The van der Waals surface area contributed by atoms with Crippen LogP contribution in [0.25, 0.3) is 5.69 Å². The number of tetrazole rings is 1. The Balaban J connectivity index is 1.25. The molecule has 0 radical (unpaired) electrons. The maximum Gasteiger partial charge on any atom is 0.230 e. The van der Waals surface area contributed by atoms with Gasteiger partial charge in [-0.1, -0.05) is 59.8 Å². The Labute approximate surface area is 192 Å². The maximum atomic E-state index is 12.4. The van der Waals surface area contributed by atoms with Crippen molar-refractivity contribution >= 4 is 17.7 Å². The highest BCUT2D eigenvalue weighted by atomic mass is 32.2. The number of aromatic nitrogens is 4. The third kappa shape index (κ3) is 5.93. The predicted octanol–water partition coefficient (Wildman–Crippen LogP) is 2.39. The van der Waals surface area contributed by atoms with Crippen LogP contribution in [0.1, 0.15) is 16.7 Å². The molecule has 9 heteroatoms. The number of carbonyl (C=O) groups excluding carboxylic acids is 1. The molecule has 0 bridgehead atoms. The summed E-state index contributed by atoms with van der Waals surface area (Å²) in [4.78, 5) is 14.8. The molecule has 8 nitrogen and oxygen atoms in total. The van der Waals surface area contributed by atoms with Crippen LogP contribution in [0.2, 0.25) is 0 Å². The Morgan fingerprint density at radius 2 is 2.06 bits per heavy atom. The van der Waals surface area contributed by atoms with Gasteiger partial charge in [-0.3, -0.25) is 9.69 Å². The first-order chi connectivity index (χ1) is 15.6. The summed E-state index contributed by atoms with van der Waals surface area (Å²) in [5.74, 6) is 0.181. The highest BCUT2D eigenvalue weighted by molar-refractivity contribution is 7.99. The molecule has 1 aromatic heterocycles. The van der Waals surface area contributed by atoms with Crippen LogP contribution < -0.4 is 5.32 Å². The van der Waals surface area contributed by atoms with Gasteiger partial charge in [-0.2, -0.15) is 4.68 Å². The van der Waals surface area contributed by atoms with Crippen LogP contribution in [0.4, 0.5) is 0 Å². The Hall–Kier alpha value is -2.75. The lowest BCUT2D eigenvalue weighted by Gasteiger charge is -2.33. The standard InChI is InChI=1S/C23H28N6O2S/c1-17-8-9-21(18(2)12-17)29-23(25-26-27-29)32-16-22(30)24-13-20-15-28(10-11-31-20)14-19-6-4-3-5-7-19/h3-9,12,20H,10-11,13-16H2,1-2H3,(H,24,30). The van der Waals surface area contributed by atoms with Gasteiger partial charge in [0.25, 0.3) is 0 Å². The maximum absolute atomic E-state index is 12.4. The number of nitrogens with zero attached hydrogens (tertiary/aromatic N) is 5. The van der Waals surface area contributed by atoms with Gasteiger partial charge in [-0.05, 0) is 41.5 Å².